The molecule has 1 fully saturated rings. The van der Waals surface area contributed by atoms with Crippen LogP contribution in [0.4, 0.5) is 0 Å². The number of aliphatic carboxylic acids is 1. The van der Waals surface area contributed by atoms with Crippen LogP contribution in [0.5, 0.6) is 0 Å². The number of carboxylic acids is 1. The number of hydrogen-bond acceptors (Lipinski definition) is 3. The molecule has 2 N–H and O–H groups in total. The number of amides is 1. The number of hydrogen-bond donors (Lipinski definition) is 2. The molecule has 0 bridgehead atoms. The van der Waals surface area contributed by atoms with Crippen molar-refractivity contribution in [1.29, 1.82) is 0 Å². The summed E-state index contributed by atoms with van der Waals surface area (Å²) in [6.45, 7) is -0.00468. The van der Waals surface area contributed by atoms with Crippen LogP contribution < -0.4 is 5.32 Å². The lowest BCUT2D eigenvalue weighted by atomic mass is 10.1. The van der Waals surface area contributed by atoms with Gasteiger partial charge in [-0.2, -0.15) is 0 Å². The maximum Gasteiger partial charge on any atom is 0.322 e. The summed E-state index contributed by atoms with van der Waals surface area (Å²) in [5.74, 6) is -1.21. The van der Waals surface area contributed by atoms with Gasteiger partial charge in [0.2, 0.25) is 5.91 Å². The predicted octanol–water partition coefficient (Wildman–Crippen LogP) is 0.842. The molecule has 5 heteroatoms. The first-order valence-electron chi connectivity index (χ1n) is 6.28. The Bertz CT molecular complexity index is 260. The molecule has 0 unspecified atom stereocenters. The summed E-state index contributed by atoms with van der Waals surface area (Å²) in [4.78, 5) is 23.8. The molecule has 0 heterocycles. The molecular formula is C12H22N2O3. The number of carboxylic acid groups (broad SMARTS) is 1. The Hall–Kier alpha value is -1.10. The average Bonchev–Trinajstić information content (AvgIpc) is 2.54. The monoisotopic (exact) mass is 242 g/mol. The van der Waals surface area contributed by atoms with Gasteiger partial charge in [-0.3, -0.25) is 14.5 Å². The molecule has 1 amide bonds. The van der Waals surface area contributed by atoms with E-state index < -0.39 is 5.97 Å². The quantitative estimate of drug-likeness (QED) is 0.701. The second kappa shape index (κ2) is 7.27. The van der Waals surface area contributed by atoms with Gasteiger partial charge in [0.1, 0.15) is 6.54 Å². The van der Waals surface area contributed by atoms with E-state index in [4.69, 9.17) is 5.11 Å². The number of carbonyl (C=O) groups is 2. The van der Waals surface area contributed by atoms with Crippen molar-refractivity contribution in [3.8, 4) is 0 Å². The van der Waals surface area contributed by atoms with Gasteiger partial charge in [-0.25, -0.2) is 0 Å². The highest BCUT2D eigenvalue weighted by atomic mass is 16.4. The van der Waals surface area contributed by atoms with Crippen LogP contribution in [0.15, 0.2) is 0 Å². The smallest absolute Gasteiger partial charge is 0.322 e. The standard InChI is InChI=1S/C12H22N2O3/c1-14(9-11(15)13-8-12(16)17)10-6-4-2-3-5-7-10/h10H,2-9H2,1H3,(H,13,15)(H,16,17). The van der Waals surface area contributed by atoms with E-state index in [1.54, 1.807) is 0 Å². The Morgan fingerprint density at radius 1 is 1.24 bits per heavy atom. The lowest BCUT2D eigenvalue weighted by molar-refractivity contribution is -0.138. The molecular weight excluding hydrogens is 220 g/mol. The lowest BCUT2D eigenvalue weighted by Gasteiger charge is -2.26. The highest BCUT2D eigenvalue weighted by molar-refractivity contribution is 5.82. The maximum absolute atomic E-state index is 11.5. The highest BCUT2D eigenvalue weighted by Crippen LogP contribution is 2.20. The zero-order valence-electron chi connectivity index (χ0n) is 10.4. The van der Waals surface area contributed by atoms with Gasteiger partial charge >= 0.3 is 5.97 Å². The number of carbonyl (C=O) groups excluding carboxylic acids is 1. The molecule has 5 nitrogen and oxygen atoms in total. The van der Waals surface area contributed by atoms with Crippen LogP contribution in [0.25, 0.3) is 0 Å². The van der Waals surface area contributed by atoms with Crippen LogP contribution in [0.1, 0.15) is 38.5 Å². The summed E-state index contributed by atoms with van der Waals surface area (Å²) in [6, 6.07) is 0.466. The van der Waals surface area contributed by atoms with Crippen molar-refractivity contribution in [3.63, 3.8) is 0 Å². The minimum Gasteiger partial charge on any atom is -0.480 e. The van der Waals surface area contributed by atoms with Crippen LogP contribution in [-0.4, -0.2) is 48.1 Å². The van der Waals surface area contributed by atoms with Crippen LogP contribution in [0.3, 0.4) is 0 Å². The fourth-order valence-corrected chi connectivity index (χ4v) is 2.28. The predicted molar refractivity (Wildman–Crippen MR) is 64.8 cm³/mol. The van der Waals surface area contributed by atoms with E-state index in [2.05, 4.69) is 5.32 Å². The van der Waals surface area contributed by atoms with Crippen LogP contribution in [-0.2, 0) is 9.59 Å². The van der Waals surface area contributed by atoms with Gasteiger partial charge in [0.05, 0.1) is 6.54 Å². The van der Waals surface area contributed by atoms with E-state index in [9.17, 15) is 9.59 Å². The SMILES string of the molecule is CN(CC(=O)NCC(=O)O)C1CCCCCC1. The van der Waals surface area contributed by atoms with Crippen LogP contribution in [0, 0.1) is 0 Å². The van der Waals surface area contributed by atoms with Gasteiger partial charge < -0.3 is 10.4 Å². The largest absolute Gasteiger partial charge is 0.480 e. The molecule has 0 radical (unpaired) electrons. The summed E-state index contributed by atoms with van der Waals surface area (Å²) >= 11 is 0. The lowest BCUT2D eigenvalue weighted by Crippen LogP contribution is -2.41. The normalized spacial score (nSPS) is 17.8. The van der Waals surface area contributed by atoms with Crippen molar-refractivity contribution in [2.75, 3.05) is 20.1 Å². The average molecular weight is 242 g/mol. The molecule has 0 saturated heterocycles. The summed E-state index contributed by atoms with van der Waals surface area (Å²) in [6.07, 6.45) is 7.31. The van der Waals surface area contributed by atoms with E-state index in [1.165, 1.54) is 25.7 Å². The van der Waals surface area contributed by atoms with Crippen LogP contribution in [0.2, 0.25) is 0 Å². The molecule has 1 aliphatic carbocycles. The third-order valence-corrected chi connectivity index (χ3v) is 3.28. The Balaban J connectivity index is 2.28. The number of rotatable bonds is 5. The van der Waals surface area contributed by atoms with Gasteiger partial charge in [-0.15, -0.1) is 0 Å². The number of nitrogens with zero attached hydrogens (tertiary/aromatic N) is 1. The van der Waals surface area contributed by atoms with Gasteiger partial charge in [0.15, 0.2) is 0 Å². The third kappa shape index (κ3) is 5.68. The highest BCUT2D eigenvalue weighted by Gasteiger charge is 2.18. The van der Waals surface area contributed by atoms with Crippen molar-refractivity contribution in [2.45, 2.75) is 44.6 Å². The van der Waals surface area contributed by atoms with Gasteiger partial charge in [0.25, 0.3) is 0 Å². The molecule has 0 aliphatic heterocycles. The molecule has 0 aromatic rings. The molecule has 1 rings (SSSR count). The summed E-state index contributed by atoms with van der Waals surface area (Å²) in [5, 5.41) is 10.8. The van der Waals surface area contributed by atoms with E-state index in [0.717, 1.165) is 12.8 Å². The third-order valence-electron chi connectivity index (χ3n) is 3.28. The molecule has 98 valence electrons. The first-order valence-corrected chi connectivity index (χ1v) is 6.28. The molecule has 0 spiro atoms. The molecule has 0 aromatic heterocycles. The van der Waals surface area contributed by atoms with Crippen LogP contribution >= 0.6 is 0 Å². The Morgan fingerprint density at radius 2 is 1.82 bits per heavy atom. The van der Waals surface area contributed by atoms with E-state index in [0.29, 0.717) is 6.04 Å². The minimum absolute atomic E-state index is 0.209. The van der Waals surface area contributed by atoms with E-state index in [1.807, 2.05) is 11.9 Å². The van der Waals surface area contributed by atoms with E-state index in [-0.39, 0.29) is 19.0 Å². The molecule has 1 aliphatic rings. The number of nitrogens with one attached hydrogen (secondary N) is 1. The summed E-state index contributed by atoms with van der Waals surface area (Å²) in [7, 11) is 1.94. The first kappa shape index (κ1) is 14.0. The Kier molecular flexibility index (Phi) is 5.97. The fraction of sp³-hybridized carbons (Fsp3) is 0.833. The summed E-state index contributed by atoms with van der Waals surface area (Å²) in [5.41, 5.74) is 0. The summed E-state index contributed by atoms with van der Waals surface area (Å²) < 4.78 is 0. The van der Waals surface area contributed by atoms with Crippen molar-refractivity contribution in [3.05, 3.63) is 0 Å². The van der Waals surface area contributed by atoms with Gasteiger partial charge in [0, 0.05) is 6.04 Å². The zero-order chi connectivity index (χ0) is 12.7. The molecule has 17 heavy (non-hydrogen) atoms. The fourth-order valence-electron chi connectivity index (χ4n) is 2.28. The maximum atomic E-state index is 11.5. The molecule has 0 atom stereocenters. The second-order valence-corrected chi connectivity index (χ2v) is 4.73. The first-order chi connectivity index (χ1) is 8.09. The van der Waals surface area contributed by atoms with E-state index >= 15 is 0 Å². The van der Waals surface area contributed by atoms with Crippen molar-refractivity contribution in [1.82, 2.24) is 10.2 Å². The Morgan fingerprint density at radius 3 is 2.35 bits per heavy atom. The topological polar surface area (TPSA) is 69.6 Å². The molecule has 0 aromatic carbocycles. The van der Waals surface area contributed by atoms with Crippen molar-refractivity contribution < 1.29 is 14.7 Å². The van der Waals surface area contributed by atoms with Crippen molar-refractivity contribution in [2.24, 2.45) is 0 Å². The van der Waals surface area contributed by atoms with Gasteiger partial charge in [-0.1, -0.05) is 25.7 Å². The minimum atomic E-state index is -1.00. The zero-order valence-corrected chi connectivity index (χ0v) is 10.4. The number of likely N-dealkylation sites (N-methyl/N-ethyl adjacent to an activating group) is 1. The van der Waals surface area contributed by atoms with Gasteiger partial charge in [-0.05, 0) is 19.9 Å². The second-order valence-electron chi connectivity index (χ2n) is 4.73. The van der Waals surface area contributed by atoms with Crippen molar-refractivity contribution >= 4 is 11.9 Å². The molecule has 1 saturated carbocycles. The Labute approximate surface area is 102 Å².